The van der Waals surface area contributed by atoms with Gasteiger partial charge in [-0.05, 0) is 31.2 Å². The zero-order chi connectivity index (χ0) is 20.3. The number of amides is 1. The van der Waals surface area contributed by atoms with Crippen LogP contribution in [0.15, 0.2) is 66.7 Å². The average Bonchev–Trinajstić information content (AvgIpc) is 2.69. The van der Waals surface area contributed by atoms with Crippen molar-refractivity contribution in [1.29, 1.82) is 0 Å². The molecule has 0 saturated carbocycles. The highest BCUT2D eigenvalue weighted by atomic mass is 35.5. The van der Waals surface area contributed by atoms with E-state index < -0.39 is 10.8 Å². The second kappa shape index (κ2) is 8.02. The minimum absolute atomic E-state index is 0.149. The fourth-order valence-corrected chi connectivity index (χ4v) is 2.99. The molecule has 6 nitrogen and oxygen atoms in total. The van der Waals surface area contributed by atoms with Crippen molar-refractivity contribution in [2.75, 3.05) is 5.32 Å². The maximum absolute atomic E-state index is 12.8. The Bertz CT molecular complexity index is 1080. The van der Waals surface area contributed by atoms with Crippen molar-refractivity contribution in [3.05, 3.63) is 104 Å². The molecular formula is C21H15ClN2O4. The molecule has 0 aliphatic rings. The number of anilines is 1. The number of rotatable bonds is 5. The molecule has 0 saturated heterocycles. The fourth-order valence-electron chi connectivity index (χ4n) is 2.82. The van der Waals surface area contributed by atoms with Gasteiger partial charge in [-0.25, -0.2) is 0 Å². The number of benzene rings is 3. The maximum Gasteiger partial charge on any atom is 0.273 e. The summed E-state index contributed by atoms with van der Waals surface area (Å²) in [5.41, 5.74) is 1.21. The third-order valence-corrected chi connectivity index (χ3v) is 4.49. The van der Waals surface area contributed by atoms with E-state index in [0.29, 0.717) is 10.6 Å². The number of carbonyl (C=O) groups excluding carboxylic acids is 2. The Morgan fingerprint density at radius 2 is 1.68 bits per heavy atom. The van der Waals surface area contributed by atoms with Crippen LogP contribution in [0.5, 0.6) is 0 Å². The third kappa shape index (κ3) is 3.92. The Morgan fingerprint density at radius 1 is 0.964 bits per heavy atom. The van der Waals surface area contributed by atoms with E-state index in [9.17, 15) is 19.7 Å². The number of nitrogens with one attached hydrogen (secondary N) is 1. The van der Waals surface area contributed by atoms with E-state index in [1.807, 2.05) is 0 Å². The van der Waals surface area contributed by atoms with Crippen molar-refractivity contribution >= 4 is 34.7 Å². The third-order valence-electron chi connectivity index (χ3n) is 4.26. The molecule has 0 fully saturated rings. The second-order valence-electron chi connectivity index (χ2n) is 6.05. The summed E-state index contributed by atoms with van der Waals surface area (Å²) in [6.45, 7) is 1.50. The maximum atomic E-state index is 12.8. The van der Waals surface area contributed by atoms with Gasteiger partial charge in [-0.3, -0.25) is 19.7 Å². The first-order chi connectivity index (χ1) is 13.4. The largest absolute Gasteiger partial charge is 0.321 e. The van der Waals surface area contributed by atoms with Crippen molar-refractivity contribution in [1.82, 2.24) is 0 Å². The van der Waals surface area contributed by atoms with Crippen molar-refractivity contribution in [3.63, 3.8) is 0 Å². The lowest BCUT2D eigenvalue weighted by atomic mass is 10.0. The molecule has 140 valence electrons. The summed E-state index contributed by atoms with van der Waals surface area (Å²) in [6, 6.07) is 17.4. The van der Waals surface area contributed by atoms with Crippen LogP contribution in [-0.2, 0) is 0 Å². The summed E-state index contributed by atoms with van der Waals surface area (Å²) in [5.74, 6) is -0.847. The molecule has 0 aliphatic carbocycles. The molecule has 28 heavy (non-hydrogen) atoms. The van der Waals surface area contributed by atoms with Crippen LogP contribution >= 0.6 is 11.6 Å². The number of ketones is 1. The fraction of sp³-hybridized carbons (Fsp3) is 0.0476. The predicted molar refractivity (Wildman–Crippen MR) is 107 cm³/mol. The number of hydrogen-bond donors (Lipinski definition) is 1. The van der Waals surface area contributed by atoms with Gasteiger partial charge in [0.2, 0.25) is 0 Å². The summed E-state index contributed by atoms with van der Waals surface area (Å²) in [6.07, 6.45) is 0. The Hall–Kier alpha value is -3.51. The summed E-state index contributed by atoms with van der Waals surface area (Å²) in [5, 5.41) is 14.1. The molecule has 3 aromatic carbocycles. The van der Waals surface area contributed by atoms with E-state index in [4.69, 9.17) is 11.6 Å². The molecule has 0 heterocycles. The lowest BCUT2D eigenvalue weighted by molar-refractivity contribution is -0.385. The summed E-state index contributed by atoms with van der Waals surface area (Å²) in [7, 11) is 0. The summed E-state index contributed by atoms with van der Waals surface area (Å²) < 4.78 is 0. The molecule has 7 heteroatoms. The van der Waals surface area contributed by atoms with E-state index in [1.165, 1.54) is 37.3 Å². The minimum atomic E-state index is -0.550. The van der Waals surface area contributed by atoms with Crippen molar-refractivity contribution < 1.29 is 14.5 Å². The summed E-state index contributed by atoms with van der Waals surface area (Å²) in [4.78, 5) is 36.1. The van der Waals surface area contributed by atoms with E-state index in [2.05, 4.69) is 5.32 Å². The summed E-state index contributed by atoms with van der Waals surface area (Å²) >= 11 is 6.04. The van der Waals surface area contributed by atoms with E-state index >= 15 is 0 Å². The van der Waals surface area contributed by atoms with Gasteiger partial charge in [0.1, 0.15) is 0 Å². The van der Waals surface area contributed by atoms with Crippen molar-refractivity contribution in [3.8, 4) is 0 Å². The van der Waals surface area contributed by atoms with Crippen LogP contribution in [0.2, 0.25) is 5.02 Å². The monoisotopic (exact) mass is 394 g/mol. The van der Waals surface area contributed by atoms with Crippen LogP contribution in [0.4, 0.5) is 11.4 Å². The van der Waals surface area contributed by atoms with Gasteiger partial charge in [-0.2, -0.15) is 0 Å². The molecule has 3 rings (SSSR count). The first kappa shape index (κ1) is 19.3. The lowest BCUT2D eigenvalue weighted by Gasteiger charge is -2.12. The van der Waals surface area contributed by atoms with Gasteiger partial charge in [0.25, 0.3) is 11.6 Å². The Morgan fingerprint density at radius 3 is 2.36 bits per heavy atom. The number of nitro benzene ring substituents is 1. The van der Waals surface area contributed by atoms with E-state index in [1.54, 1.807) is 36.4 Å². The standard InChI is InChI=1S/C21H15ClN2O4/c1-13-16(8-5-9-19(13)24(27)28)21(26)23-18-11-10-15(22)12-17(18)20(25)14-6-3-2-4-7-14/h2-12H,1H3,(H,23,26). The van der Waals surface area contributed by atoms with Gasteiger partial charge in [0, 0.05) is 33.3 Å². The Kier molecular flexibility index (Phi) is 5.52. The van der Waals surface area contributed by atoms with Gasteiger partial charge in [-0.15, -0.1) is 0 Å². The second-order valence-corrected chi connectivity index (χ2v) is 6.48. The molecule has 1 amide bonds. The molecule has 0 spiro atoms. The molecule has 0 radical (unpaired) electrons. The quantitative estimate of drug-likeness (QED) is 0.373. The number of nitrogens with zero attached hydrogens (tertiary/aromatic N) is 1. The topological polar surface area (TPSA) is 89.3 Å². The normalized spacial score (nSPS) is 10.4. The van der Waals surface area contributed by atoms with Crippen LogP contribution in [0.3, 0.4) is 0 Å². The van der Waals surface area contributed by atoms with E-state index in [-0.39, 0.29) is 33.8 Å². The number of carbonyl (C=O) groups is 2. The highest BCUT2D eigenvalue weighted by molar-refractivity contribution is 6.31. The van der Waals surface area contributed by atoms with E-state index in [0.717, 1.165) is 0 Å². The molecule has 0 bridgehead atoms. The van der Waals surface area contributed by atoms with Crippen LogP contribution < -0.4 is 5.32 Å². The average molecular weight is 395 g/mol. The van der Waals surface area contributed by atoms with Gasteiger partial charge in [-0.1, -0.05) is 48.0 Å². The SMILES string of the molecule is Cc1c(C(=O)Nc2ccc(Cl)cc2C(=O)c2ccccc2)cccc1[N+](=O)[O-]. The minimum Gasteiger partial charge on any atom is -0.321 e. The van der Waals surface area contributed by atoms with Crippen molar-refractivity contribution in [2.45, 2.75) is 6.92 Å². The molecule has 0 aromatic heterocycles. The zero-order valence-corrected chi connectivity index (χ0v) is 15.6. The van der Waals surface area contributed by atoms with Gasteiger partial charge < -0.3 is 5.32 Å². The molecule has 0 aliphatic heterocycles. The molecule has 3 aromatic rings. The molecule has 0 atom stereocenters. The van der Waals surface area contributed by atoms with Crippen molar-refractivity contribution in [2.24, 2.45) is 0 Å². The molecule has 0 unspecified atom stereocenters. The Balaban J connectivity index is 1.98. The lowest BCUT2D eigenvalue weighted by Crippen LogP contribution is -2.16. The van der Waals surface area contributed by atoms with Gasteiger partial charge in [0.15, 0.2) is 5.78 Å². The first-order valence-electron chi connectivity index (χ1n) is 8.33. The number of hydrogen-bond acceptors (Lipinski definition) is 4. The number of nitro groups is 1. The van der Waals surface area contributed by atoms with Crippen LogP contribution in [0, 0.1) is 17.0 Å². The molecular weight excluding hydrogens is 380 g/mol. The zero-order valence-electron chi connectivity index (χ0n) is 14.8. The van der Waals surface area contributed by atoms with Crippen LogP contribution in [-0.4, -0.2) is 16.6 Å². The number of halogens is 1. The van der Waals surface area contributed by atoms with Crippen LogP contribution in [0.25, 0.3) is 0 Å². The smallest absolute Gasteiger partial charge is 0.273 e. The van der Waals surface area contributed by atoms with Gasteiger partial charge >= 0.3 is 0 Å². The predicted octanol–water partition coefficient (Wildman–Crippen LogP) is 5.04. The van der Waals surface area contributed by atoms with Crippen LogP contribution in [0.1, 0.15) is 31.8 Å². The van der Waals surface area contributed by atoms with Gasteiger partial charge in [0.05, 0.1) is 10.6 Å². The highest BCUT2D eigenvalue weighted by Gasteiger charge is 2.20. The Labute approximate surface area is 165 Å². The highest BCUT2D eigenvalue weighted by Crippen LogP contribution is 2.26. The first-order valence-corrected chi connectivity index (χ1v) is 8.71. The molecule has 1 N–H and O–H groups in total.